The van der Waals surface area contributed by atoms with Gasteiger partial charge in [-0.2, -0.15) is 4.31 Å². The van der Waals surface area contributed by atoms with Crippen molar-refractivity contribution in [3.8, 4) is 11.5 Å². The predicted molar refractivity (Wildman–Crippen MR) is 80.3 cm³/mol. The quantitative estimate of drug-likeness (QED) is 0.622. The second-order valence-electron chi connectivity index (χ2n) is 5.44. The molecular weight excluding hydrogens is 326 g/mol. The summed E-state index contributed by atoms with van der Waals surface area (Å²) >= 11 is 0. The minimum atomic E-state index is -3.99. The number of benzene rings is 1. The lowest BCUT2D eigenvalue weighted by Gasteiger charge is -2.31. The van der Waals surface area contributed by atoms with Gasteiger partial charge < -0.3 is 14.8 Å². The van der Waals surface area contributed by atoms with Crippen molar-refractivity contribution < 1.29 is 22.8 Å². The highest BCUT2D eigenvalue weighted by atomic mass is 32.2. The van der Waals surface area contributed by atoms with Gasteiger partial charge in [-0.3, -0.25) is 10.1 Å². The molecule has 0 radical (unpaired) electrons. The van der Waals surface area contributed by atoms with E-state index in [0.29, 0.717) is 6.54 Å². The maximum Gasteiger partial charge on any atom is 0.293 e. The third-order valence-corrected chi connectivity index (χ3v) is 5.66. The molecule has 1 saturated heterocycles. The van der Waals surface area contributed by atoms with Gasteiger partial charge in [-0.25, -0.2) is 8.42 Å². The zero-order chi connectivity index (χ0) is 16.6. The van der Waals surface area contributed by atoms with Crippen LogP contribution in [0, 0.1) is 10.1 Å². The Morgan fingerprint density at radius 2 is 1.96 bits per heavy atom. The van der Waals surface area contributed by atoms with E-state index < -0.39 is 20.6 Å². The Morgan fingerprint density at radius 3 is 2.57 bits per heavy atom. The fourth-order valence-electron chi connectivity index (χ4n) is 2.66. The van der Waals surface area contributed by atoms with E-state index in [9.17, 15) is 18.5 Å². The number of nitrogens with one attached hydrogen (secondary N) is 1. The molecule has 3 rings (SSSR count). The van der Waals surface area contributed by atoms with Crippen molar-refractivity contribution >= 4 is 15.7 Å². The third-order valence-electron chi connectivity index (χ3n) is 3.77. The standard InChI is InChI=1S/C13H17N3O6S/c1-9-8-15(3-2-14-9)23(19,20)13-7-12-11(21-4-5-22-12)6-10(13)16(17)18/h6-7,9,14H,2-5,8H2,1H3. The van der Waals surface area contributed by atoms with E-state index >= 15 is 0 Å². The molecule has 1 N–H and O–H groups in total. The Morgan fingerprint density at radius 1 is 1.30 bits per heavy atom. The normalized spacial score (nSPS) is 21.9. The van der Waals surface area contributed by atoms with Crippen molar-refractivity contribution in [3.63, 3.8) is 0 Å². The first-order chi connectivity index (χ1) is 10.9. The van der Waals surface area contributed by atoms with Crippen molar-refractivity contribution in [2.45, 2.75) is 17.9 Å². The number of piperazine rings is 1. The summed E-state index contributed by atoms with van der Waals surface area (Å²) in [5.74, 6) is 0.402. The summed E-state index contributed by atoms with van der Waals surface area (Å²) in [6.45, 7) is 3.42. The average molecular weight is 343 g/mol. The van der Waals surface area contributed by atoms with Gasteiger partial charge in [-0.15, -0.1) is 0 Å². The number of fused-ring (bicyclic) bond motifs is 1. The van der Waals surface area contributed by atoms with Gasteiger partial charge in [0, 0.05) is 31.7 Å². The molecule has 0 saturated carbocycles. The Kier molecular flexibility index (Phi) is 4.13. The number of hydrogen-bond donors (Lipinski definition) is 1. The first kappa shape index (κ1) is 16.0. The number of rotatable bonds is 3. The molecule has 0 bridgehead atoms. The number of nitrogens with zero attached hydrogens (tertiary/aromatic N) is 2. The Bertz CT molecular complexity index is 735. The SMILES string of the molecule is CC1CN(S(=O)(=O)c2cc3c(cc2[N+](=O)[O-])OCCO3)CCN1. The Labute approximate surface area is 133 Å². The molecule has 23 heavy (non-hydrogen) atoms. The zero-order valence-electron chi connectivity index (χ0n) is 12.5. The maximum absolute atomic E-state index is 12.8. The Hall–Kier alpha value is -1.91. The van der Waals surface area contributed by atoms with Crippen LogP contribution in [0.15, 0.2) is 17.0 Å². The molecule has 0 aromatic heterocycles. The molecule has 0 amide bonds. The fraction of sp³-hybridized carbons (Fsp3) is 0.538. The highest BCUT2D eigenvalue weighted by molar-refractivity contribution is 7.89. The van der Waals surface area contributed by atoms with Gasteiger partial charge in [0.25, 0.3) is 5.69 Å². The number of sulfonamides is 1. The fourth-order valence-corrected chi connectivity index (χ4v) is 4.35. The lowest BCUT2D eigenvalue weighted by Crippen LogP contribution is -2.51. The first-order valence-electron chi connectivity index (χ1n) is 7.21. The minimum Gasteiger partial charge on any atom is -0.486 e. The zero-order valence-corrected chi connectivity index (χ0v) is 13.3. The van der Waals surface area contributed by atoms with Crippen molar-refractivity contribution in [1.29, 1.82) is 0 Å². The van der Waals surface area contributed by atoms with E-state index in [2.05, 4.69) is 5.32 Å². The molecule has 9 nitrogen and oxygen atoms in total. The van der Waals surface area contributed by atoms with E-state index in [1.807, 2.05) is 6.92 Å². The molecule has 1 aromatic rings. The van der Waals surface area contributed by atoms with E-state index in [1.54, 1.807) is 0 Å². The molecule has 0 spiro atoms. The third kappa shape index (κ3) is 2.96. The van der Waals surface area contributed by atoms with E-state index in [1.165, 1.54) is 10.4 Å². The highest BCUT2D eigenvalue weighted by Crippen LogP contribution is 2.39. The molecule has 1 atom stereocenters. The predicted octanol–water partition coefficient (Wildman–Crippen LogP) is 0.348. The maximum atomic E-state index is 12.8. The van der Waals surface area contributed by atoms with Crippen LogP contribution < -0.4 is 14.8 Å². The van der Waals surface area contributed by atoms with Gasteiger partial charge in [-0.05, 0) is 6.92 Å². The van der Waals surface area contributed by atoms with Gasteiger partial charge in [-0.1, -0.05) is 0 Å². The van der Waals surface area contributed by atoms with Gasteiger partial charge >= 0.3 is 0 Å². The highest BCUT2D eigenvalue weighted by Gasteiger charge is 2.36. The average Bonchev–Trinajstić information content (AvgIpc) is 2.53. The number of hydrogen-bond acceptors (Lipinski definition) is 7. The smallest absolute Gasteiger partial charge is 0.293 e. The number of nitro benzene ring substituents is 1. The van der Waals surface area contributed by atoms with Gasteiger partial charge in [0.15, 0.2) is 16.4 Å². The van der Waals surface area contributed by atoms with Crippen LogP contribution in [0.25, 0.3) is 0 Å². The van der Waals surface area contributed by atoms with Crippen LogP contribution in [0.2, 0.25) is 0 Å². The molecule has 10 heteroatoms. The summed E-state index contributed by atoms with van der Waals surface area (Å²) < 4.78 is 37.6. The van der Waals surface area contributed by atoms with Crippen LogP contribution in [-0.4, -0.2) is 56.5 Å². The van der Waals surface area contributed by atoms with Crippen LogP contribution >= 0.6 is 0 Å². The monoisotopic (exact) mass is 343 g/mol. The van der Waals surface area contributed by atoms with Crippen LogP contribution in [0.3, 0.4) is 0 Å². The second kappa shape index (κ2) is 5.95. The van der Waals surface area contributed by atoms with Crippen molar-refractivity contribution in [2.75, 3.05) is 32.8 Å². The van der Waals surface area contributed by atoms with E-state index in [-0.39, 0.29) is 48.7 Å². The summed E-state index contributed by atoms with van der Waals surface area (Å²) in [7, 11) is -3.99. The van der Waals surface area contributed by atoms with E-state index in [4.69, 9.17) is 9.47 Å². The summed E-state index contributed by atoms with van der Waals surface area (Å²) in [6, 6.07) is 2.29. The summed E-state index contributed by atoms with van der Waals surface area (Å²) in [4.78, 5) is 10.2. The number of nitro groups is 1. The molecule has 0 aliphatic carbocycles. The minimum absolute atomic E-state index is 0.0187. The molecule has 2 aliphatic rings. The van der Waals surface area contributed by atoms with Gasteiger partial charge in [0.1, 0.15) is 13.2 Å². The van der Waals surface area contributed by atoms with Crippen LogP contribution in [-0.2, 0) is 10.0 Å². The first-order valence-corrected chi connectivity index (χ1v) is 8.65. The van der Waals surface area contributed by atoms with Crippen LogP contribution in [0.5, 0.6) is 11.5 Å². The molecule has 1 unspecified atom stereocenters. The lowest BCUT2D eigenvalue weighted by molar-refractivity contribution is -0.388. The molecule has 1 aromatic carbocycles. The molecule has 2 heterocycles. The van der Waals surface area contributed by atoms with Crippen molar-refractivity contribution in [2.24, 2.45) is 0 Å². The topological polar surface area (TPSA) is 111 Å². The molecule has 2 aliphatic heterocycles. The molecular formula is C13H17N3O6S. The largest absolute Gasteiger partial charge is 0.486 e. The Balaban J connectivity index is 2.08. The van der Waals surface area contributed by atoms with Gasteiger partial charge in [0.2, 0.25) is 10.0 Å². The van der Waals surface area contributed by atoms with Crippen molar-refractivity contribution in [3.05, 3.63) is 22.2 Å². The summed E-state index contributed by atoms with van der Waals surface area (Å²) in [5.41, 5.74) is -0.500. The van der Waals surface area contributed by atoms with Gasteiger partial charge in [0.05, 0.1) is 11.0 Å². The summed E-state index contributed by atoms with van der Waals surface area (Å²) in [5, 5.41) is 14.5. The molecule has 1 fully saturated rings. The second-order valence-corrected chi connectivity index (χ2v) is 7.35. The van der Waals surface area contributed by atoms with Crippen LogP contribution in [0.4, 0.5) is 5.69 Å². The summed E-state index contributed by atoms with van der Waals surface area (Å²) in [6.07, 6.45) is 0. The molecule has 126 valence electrons. The van der Waals surface area contributed by atoms with Crippen molar-refractivity contribution in [1.82, 2.24) is 9.62 Å². The number of ether oxygens (including phenoxy) is 2. The lowest BCUT2D eigenvalue weighted by atomic mass is 10.2. The van der Waals surface area contributed by atoms with Crippen LogP contribution in [0.1, 0.15) is 6.92 Å². The van der Waals surface area contributed by atoms with E-state index in [0.717, 1.165) is 6.07 Å².